The van der Waals surface area contributed by atoms with Crippen LogP contribution < -0.4 is 11.1 Å². The van der Waals surface area contributed by atoms with E-state index in [0.29, 0.717) is 41.8 Å². The van der Waals surface area contributed by atoms with Gasteiger partial charge in [0.1, 0.15) is 0 Å². The first-order valence-corrected chi connectivity index (χ1v) is 8.99. The second-order valence-electron chi connectivity index (χ2n) is 6.83. The molecule has 3 N–H and O–H groups in total. The maximum Gasteiger partial charge on any atom is 0.251 e. The highest BCUT2D eigenvalue weighted by atomic mass is 35.5. The van der Waals surface area contributed by atoms with Crippen LogP contribution in [0.1, 0.15) is 36.0 Å². The molecule has 3 atom stereocenters. The van der Waals surface area contributed by atoms with Crippen molar-refractivity contribution in [1.29, 1.82) is 0 Å². The van der Waals surface area contributed by atoms with E-state index in [9.17, 15) is 9.59 Å². The highest BCUT2D eigenvalue weighted by Crippen LogP contribution is 2.37. The van der Waals surface area contributed by atoms with Crippen molar-refractivity contribution in [1.82, 2.24) is 10.2 Å². The molecule has 2 fully saturated rings. The van der Waals surface area contributed by atoms with Crippen molar-refractivity contribution in [3.05, 3.63) is 34.9 Å². The first-order valence-electron chi connectivity index (χ1n) is 8.61. The molecule has 1 saturated heterocycles. The van der Waals surface area contributed by atoms with E-state index in [-0.39, 0.29) is 17.9 Å². The number of carbonyl (C=O) groups is 2. The third-order valence-corrected chi connectivity index (χ3v) is 5.48. The zero-order valence-electron chi connectivity index (χ0n) is 13.7. The zero-order valence-corrected chi connectivity index (χ0v) is 14.5. The van der Waals surface area contributed by atoms with E-state index in [1.54, 1.807) is 24.3 Å². The molecule has 3 rings (SSSR count). The molecule has 1 aliphatic heterocycles. The molecule has 2 amide bonds. The Morgan fingerprint density at radius 2 is 1.96 bits per heavy atom. The van der Waals surface area contributed by atoms with Crippen molar-refractivity contribution >= 4 is 23.4 Å². The minimum atomic E-state index is -0.138. The lowest BCUT2D eigenvalue weighted by Gasteiger charge is -2.18. The van der Waals surface area contributed by atoms with Gasteiger partial charge in [-0.15, -0.1) is 0 Å². The maximum atomic E-state index is 12.3. The van der Waals surface area contributed by atoms with Gasteiger partial charge >= 0.3 is 0 Å². The molecular weight excluding hydrogens is 326 g/mol. The zero-order chi connectivity index (χ0) is 17.1. The number of hydrogen-bond acceptors (Lipinski definition) is 3. The fraction of sp³-hybridized carbons (Fsp3) is 0.556. The summed E-state index contributed by atoms with van der Waals surface area (Å²) >= 11 is 5.80. The van der Waals surface area contributed by atoms with Gasteiger partial charge in [-0.3, -0.25) is 9.59 Å². The number of nitrogens with one attached hydrogen (secondary N) is 1. The summed E-state index contributed by atoms with van der Waals surface area (Å²) in [7, 11) is 0. The van der Waals surface area contributed by atoms with E-state index in [4.69, 9.17) is 17.3 Å². The average molecular weight is 350 g/mol. The van der Waals surface area contributed by atoms with Gasteiger partial charge in [-0.2, -0.15) is 0 Å². The predicted molar refractivity (Wildman–Crippen MR) is 93.8 cm³/mol. The van der Waals surface area contributed by atoms with Crippen LogP contribution in [0.25, 0.3) is 0 Å². The monoisotopic (exact) mass is 349 g/mol. The Morgan fingerprint density at radius 1 is 1.21 bits per heavy atom. The molecule has 5 nitrogen and oxygen atoms in total. The first-order chi connectivity index (χ1) is 11.5. The van der Waals surface area contributed by atoms with Gasteiger partial charge in [0.25, 0.3) is 5.91 Å². The van der Waals surface area contributed by atoms with Crippen molar-refractivity contribution in [2.75, 3.05) is 19.6 Å². The van der Waals surface area contributed by atoms with Gasteiger partial charge in [0.05, 0.1) is 0 Å². The van der Waals surface area contributed by atoms with Crippen LogP contribution in [0.2, 0.25) is 5.02 Å². The second-order valence-corrected chi connectivity index (χ2v) is 7.27. The molecule has 3 unspecified atom stereocenters. The summed E-state index contributed by atoms with van der Waals surface area (Å²) in [4.78, 5) is 26.2. The quantitative estimate of drug-likeness (QED) is 0.799. The number of fused-ring (bicyclic) bond motifs is 1. The van der Waals surface area contributed by atoms with Gasteiger partial charge < -0.3 is 16.0 Å². The minimum absolute atomic E-state index is 0.138. The molecule has 130 valence electrons. The van der Waals surface area contributed by atoms with E-state index in [1.165, 1.54) is 0 Å². The molecule has 1 aliphatic carbocycles. The molecule has 0 spiro atoms. The third kappa shape index (κ3) is 3.90. The number of halogens is 1. The summed E-state index contributed by atoms with van der Waals surface area (Å²) in [5.74, 6) is 1.12. The van der Waals surface area contributed by atoms with Crippen molar-refractivity contribution in [2.24, 2.45) is 17.6 Å². The third-order valence-electron chi connectivity index (χ3n) is 5.22. The summed E-state index contributed by atoms with van der Waals surface area (Å²) in [5, 5.41) is 3.44. The van der Waals surface area contributed by atoms with Gasteiger partial charge in [0.2, 0.25) is 5.91 Å². The molecule has 1 saturated carbocycles. The Kier molecular flexibility index (Phi) is 5.41. The van der Waals surface area contributed by atoms with Gasteiger partial charge in [-0.1, -0.05) is 11.6 Å². The molecule has 24 heavy (non-hydrogen) atoms. The van der Waals surface area contributed by atoms with E-state index in [1.807, 2.05) is 4.90 Å². The molecule has 0 bridgehead atoms. The van der Waals surface area contributed by atoms with E-state index in [0.717, 1.165) is 25.9 Å². The minimum Gasteiger partial charge on any atom is -0.352 e. The van der Waals surface area contributed by atoms with Crippen LogP contribution in [0, 0.1) is 11.8 Å². The topological polar surface area (TPSA) is 75.4 Å². The fourth-order valence-electron chi connectivity index (χ4n) is 3.81. The lowest BCUT2D eigenvalue weighted by atomic mass is 9.98. The van der Waals surface area contributed by atoms with Crippen LogP contribution >= 0.6 is 11.6 Å². The molecule has 2 aliphatic rings. The Bertz CT molecular complexity index is 605. The smallest absolute Gasteiger partial charge is 0.251 e. The molecule has 1 aromatic rings. The van der Waals surface area contributed by atoms with E-state index >= 15 is 0 Å². The summed E-state index contributed by atoms with van der Waals surface area (Å²) in [6.07, 6.45) is 3.35. The van der Waals surface area contributed by atoms with Gasteiger partial charge in [-0.25, -0.2) is 0 Å². The fourth-order valence-corrected chi connectivity index (χ4v) is 3.94. The highest BCUT2D eigenvalue weighted by Gasteiger charge is 2.42. The largest absolute Gasteiger partial charge is 0.352 e. The number of nitrogens with zero attached hydrogens (tertiary/aromatic N) is 1. The Hall–Kier alpha value is -1.59. The van der Waals surface area contributed by atoms with Crippen molar-refractivity contribution < 1.29 is 9.59 Å². The number of rotatable bonds is 5. The molecule has 1 heterocycles. The van der Waals surface area contributed by atoms with Crippen molar-refractivity contribution in [3.63, 3.8) is 0 Å². The van der Waals surface area contributed by atoms with E-state index in [2.05, 4.69) is 5.32 Å². The van der Waals surface area contributed by atoms with Crippen LogP contribution in [-0.4, -0.2) is 42.4 Å². The molecule has 0 aromatic heterocycles. The second kappa shape index (κ2) is 7.53. The standard InChI is InChI=1S/C18H24ClN3O2/c19-14-6-3-12(4-7-14)18(24)21-9-1-2-17(23)22-10-13-5-8-16(20)15(13)11-22/h3-4,6-7,13,15-16H,1-2,5,8-11,20H2,(H,21,24). The van der Waals surface area contributed by atoms with Crippen LogP contribution in [0.15, 0.2) is 24.3 Å². The van der Waals surface area contributed by atoms with Crippen LogP contribution in [0.5, 0.6) is 0 Å². The van der Waals surface area contributed by atoms with Gasteiger partial charge in [0, 0.05) is 42.7 Å². The van der Waals surface area contributed by atoms with Crippen LogP contribution in [-0.2, 0) is 4.79 Å². The summed E-state index contributed by atoms with van der Waals surface area (Å²) in [5.41, 5.74) is 6.68. The average Bonchev–Trinajstić information content (AvgIpc) is 3.14. The number of benzene rings is 1. The Morgan fingerprint density at radius 3 is 2.67 bits per heavy atom. The lowest BCUT2D eigenvalue weighted by molar-refractivity contribution is -0.130. The van der Waals surface area contributed by atoms with Crippen molar-refractivity contribution in [3.8, 4) is 0 Å². The van der Waals surface area contributed by atoms with Gasteiger partial charge in [0.15, 0.2) is 0 Å². The van der Waals surface area contributed by atoms with Crippen LogP contribution in [0.3, 0.4) is 0 Å². The Labute approximate surface area is 147 Å². The maximum absolute atomic E-state index is 12.3. The van der Waals surface area contributed by atoms with E-state index < -0.39 is 0 Å². The molecule has 1 aromatic carbocycles. The lowest BCUT2D eigenvalue weighted by Crippen LogP contribution is -2.34. The SMILES string of the molecule is NC1CCC2CN(C(=O)CCCNC(=O)c3ccc(Cl)cc3)CC12. The van der Waals surface area contributed by atoms with Crippen LogP contribution in [0.4, 0.5) is 0 Å². The molecule has 6 heteroatoms. The van der Waals surface area contributed by atoms with Gasteiger partial charge in [-0.05, 0) is 55.4 Å². The summed E-state index contributed by atoms with van der Waals surface area (Å²) in [6.45, 7) is 2.16. The number of hydrogen-bond donors (Lipinski definition) is 2. The predicted octanol–water partition coefficient (Wildman–Crippen LogP) is 2.05. The first kappa shape index (κ1) is 17.2. The number of nitrogens with two attached hydrogens (primary N) is 1. The number of likely N-dealkylation sites (tertiary alicyclic amines) is 1. The summed E-state index contributed by atoms with van der Waals surface area (Å²) < 4.78 is 0. The number of amides is 2. The Balaban J connectivity index is 1.37. The highest BCUT2D eigenvalue weighted by molar-refractivity contribution is 6.30. The molecular formula is C18H24ClN3O2. The summed E-state index contributed by atoms with van der Waals surface area (Å²) in [6, 6.07) is 7.01. The normalized spacial score (nSPS) is 25.6. The molecule has 0 radical (unpaired) electrons. The number of carbonyl (C=O) groups excluding carboxylic acids is 2. The van der Waals surface area contributed by atoms with Crippen molar-refractivity contribution in [2.45, 2.75) is 31.7 Å².